The SMILES string of the molecule is COC(=O)C1CCCN(C(=O)c2cnc(Cl)c(Cl)c2)C1. The summed E-state index contributed by atoms with van der Waals surface area (Å²) in [5.74, 6) is -0.757. The number of likely N-dealkylation sites (tertiary alicyclic amines) is 1. The second kappa shape index (κ2) is 6.41. The highest BCUT2D eigenvalue weighted by Crippen LogP contribution is 2.23. The van der Waals surface area contributed by atoms with E-state index in [1.807, 2.05) is 0 Å². The van der Waals surface area contributed by atoms with Crippen LogP contribution in [-0.4, -0.2) is 42.0 Å². The van der Waals surface area contributed by atoms with Crippen molar-refractivity contribution in [2.24, 2.45) is 5.92 Å². The third kappa shape index (κ3) is 3.22. The molecular weight excluding hydrogens is 303 g/mol. The van der Waals surface area contributed by atoms with Gasteiger partial charge in [0, 0.05) is 19.3 Å². The quantitative estimate of drug-likeness (QED) is 0.621. The maximum Gasteiger partial charge on any atom is 0.310 e. The van der Waals surface area contributed by atoms with Crippen molar-refractivity contribution in [3.63, 3.8) is 0 Å². The average Bonchev–Trinajstić information content (AvgIpc) is 2.48. The maximum atomic E-state index is 12.4. The predicted octanol–water partition coefficient (Wildman–Crippen LogP) is 2.41. The van der Waals surface area contributed by atoms with Crippen molar-refractivity contribution in [2.75, 3.05) is 20.2 Å². The van der Waals surface area contributed by atoms with Crippen LogP contribution in [0.25, 0.3) is 0 Å². The number of carbonyl (C=O) groups is 2. The molecule has 20 heavy (non-hydrogen) atoms. The highest BCUT2D eigenvalue weighted by atomic mass is 35.5. The highest BCUT2D eigenvalue weighted by Gasteiger charge is 2.29. The number of methoxy groups -OCH3 is 1. The van der Waals surface area contributed by atoms with Gasteiger partial charge in [-0.2, -0.15) is 0 Å². The maximum absolute atomic E-state index is 12.4. The Morgan fingerprint density at radius 1 is 1.45 bits per heavy atom. The van der Waals surface area contributed by atoms with Gasteiger partial charge in [0.1, 0.15) is 5.15 Å². The first-order valence-corrected chi connectivity index (χ1v) is 6.96. The number of piperidine rings is 1. The number of aromatic nitrogens is 1. The minimum absolute atomic E-state index is 0.161. The van der Waals surface area contributed by atoms with Gasteiger partial charge in [0.15, 0.2) is 0 Å². The molecule has 1 amide bonds. The van der Waals surface area contributed by atoms with Gasteiger partial charge in [-0.25, -0.2) is 4.98 Å². The lowest BCUT2D eigenvalue weighted by Gasteiger charge is -2.31. The zero-order valence-corrected chi connectivity index (χ0v) is 12.4. The average molecular weight is 317 g/mol. The van der Waals surface area contributed by atoms with Crippen molar-refractivity contribution < 1.29 is 14.3 Å². The smallest absolute Gasteiger partial charge is 0.310 e. The molecule has 0 radical (unpaired) electrons. The number of pyridine rings is 1. The fourth-order valence-corrected chi connectivity index (χ4v) is 2.51. The third-order valence-corrected chi connectivity index (χ3v) is 3.97. The lowest BCUT2D eigenvalue weighted by Crippen LogP contribution is -2.42. The van der Waals surface area contributed by atoms with Crippen LogP contribution in [0.15, 0.2) is 12.3 Å². The summed E-state index contributed by atoms with van der Waals surface area (Å²) in [6.07, 6.45) is 2.88. The van der Waals surface area contributed by atoms with Gasteiger partial charge in [-0.3, -0.25) is 9.59 Å². The van der Waals surface area contributed by atoms with Crippen LogP contribution < -0.4 is 0 Å². The minimum Gasteiger partial charge on any atom is -0.469 e. The molecule has 0 spiro atoms. The van der Waals surface area contributed by atoms with Crippen molar-refractivity contribution in [1.82, 2.24) is 9.88 Å². The first kappa shape index (κ1) is 15.1. The van der Waals surface area contributed by atoms with Gasteiger partial charge in [0.25, 0.3) is 5.91 Å². The molecule has 0 N–H and O–H groups in total. The van der Waals surface area contributed by atoms with Gasteiger partial charge in [-0.15, -0.1) is 0 Å². The Labute approximate surface area is 126 Å². The molecule has 1 aromatic rings. The number of hydrogen-bond donors (Lipinski definition) is 0. The summed E-state index contributed by atoms with van der Waals surface area (Å²) in [6.45, 7) is 0.957. The summed E-state index contributed by atoms with van der Waals surface area (Å²) in [4.78, 5) is 29.4. The molecule has 1 atom stereocenters. The highest BCUT2D eigenvalue weighted by molar-refractivity contribution is 6.41. The van der Waals surface area contributed by atoms with Gasteiger partial charge >= 0.3 is 5.97 Å². The largest absolute Gasteiger partial charge is 0.469 e. The molecule has 1 unspecified atom stereocenters. The molecule has 5 nitrogen and oxygen atoms in total. The molecule has 1 aliphatic rings. The summed E-state index contributed by atoms with van der Waals surface area (Å²) < 4.78 is 4.73. The van der Waals surface area contributed by atoms with E-state index in [9.17, 15) is 9.59 Å². The van der Waals surface area contributed by atoms with Gasteiger partial charge in [-0.1, -0.05) is 23.2 Å². The van der Waals surface area contributed by atoms with Crippen LogP contribution in [0.3, 0.4) is 0 Å². The summed E-state index contributed by atoms with van der Waals surface area (Å²) in [7, 11) is 1.35. The molecule has 1 aliphatic heterocycles. The molecule has 2 rings (SSSR count). The normalized spacial score (nSPS) is 18.8. The molecule has 0 aliphatic carbocycles. The number of nitrogens with zero attached hydrogens (tertiary/aromatic N) is 2. The van der Waals surface area contributed by atoms with Crippen molar-refractivity contribution in [3.05, 3.63) is 28.0 Å². The first-order valence-electron chi connectivity index (χ1n) is 6.21. The Kier molecular flexibility index (Phi) is 4.83. The van der Waals surface area contributed by atoms with Crippen LogP contribution in [0.1, 0.15) is 23.2 Å². The van der Waals surface area contributed by atoms with Crippen LogP contribution in [0.4, 0.5) is 0 Å². The van der Waals surface area contributed by atoms with Crippen molar-refractivity contribution in [2.45, 2.75) is 12.8 Å². The minimum atomic E-state index is -0.283. The van der Waals surface area contributed by atoms with E-state index in [4.69, 9.17) is 27.9 Å². The van der Waals surface area contributed by atoms with Crippen LogP contribution in [0, 0.1) is 5.92 Å². The van der Waals surface area contributed by atoms with E-state index in [2.05, 4.69) is 4.98 Å². The fraction of sp³-hybridized carbons (Fsp3) is 0.462. The summed E-state index contributed by atoms with van der Waals surface area (Å²) >= 11 is 11.6. The number of hydrogen-bond acceptors (Lipinski definition) is 4. The van der Waals surface area contributed by atoms with E-state index in [0.29, 0.717) is 18.7 Å². The Morgan fingerprint density at radius 3 is 2.85 bits per heavy atom. The number of rotatable bonds is 2. The van der Waals surface area contributed by atoms with Crippen molar-refractivity contribution in [3.8, 4) is 0 Å². The number of ether oxygens (including phenoxy) is 1. The molecule has 1 aromatic heterocycles. The molecule has 1 fully saturated rings. The van der Waals surface area contributed by atoms with Gasteiger partial charge in [0.2, 0.25) is 0 Å². The van der Waals surface area contributed by atoms with Crippen LogP contribution in [-0.2, 0) is 9.53 Å². The van der Waals surface area contributed by atoms with Gasteiger partial charge in [0.05, 0.1) is 23.6 Å². The Bertz CT molecular complexity index is 536. The Hall–Kier alpha value is -1.33. The molecule has 0 saturated carbocycles. The fourth-order valence-electron chi connectivity index (χ4n) is 2.24. The van der Waals surface area contributed by atoms with E-state index in [-0.39, 0.29) is 28.0 Å². The Balaban J connectivity index is 2.12. The molecular formula is C13H14Cl2N2O3. The molecule has 1 saturated heterocycles. The lowest BCUT2D eigenvalue weighted by atomic mass is 9.97. The number of esters is 1. The first-order chi connectivity index (χ1) is 9.52. The number of amides is 1. The third-order valence-electron chi connectivity index (χ3n) is 3.29. The van der Waals surface area contributed by atoms with Crippen LogP contribution >= 0.6 is 23.2 Å². The van der Waals surface area contributed by atoms with Gasteiger partial charge < -0.3 is 9.64 Å². The topological polar surface area (TPSA) is 59.5 Å². The van der Waals surface area contributed by atoms with Gasteiger partial charge in [-0.05, 0) is 18.9 Å². The zero-order valence-electron chi connectivity index (χ0n) is 10.9. The summed E-state index contributed by atoms with van der Waals surface area (Å²) in [5.41, 5.74) is 0.366. The predicted molar refractivity (Wildman–Crippen MR) is 74.9 cm³/mol. The van der Waals surface area contributed by atoms with E-state index >= 15 is 0 Å². The molecule has 7 heteroatoms. The summed E-state index contributed by atoms with van der Waals surface area (Å²) in [5, 5.41) is 0.397. The molecule has 0 bridgehead atoms. The standard InChI is InChI=1S/C13H14Cl2N2O3/c1-20-13(19)8-3-2-4-17(7-8)12(18)9-5-10(14)11(15)16-6-9/h5-6,8H,2-4,7H2,1H3. The lowest BCUT2D eigenvalue weighted by molar-refractivity contribution is -0.146. The number of carbonyl (C=O) groups excluding carboxylic acids is 2. The second-order valence-corrected chi connectivity index (χ2v) is 5.38. The second-order valence-electron chi connectivity index (χ2n) is 4.61. The summed E-state index contributed by atoms with van der Waals surface area (Å²) in [6, 6.07) is 1.49. The van der Waals surface area contributed by atoms with Crippen molar-refractivity contribution >= 4 is 35.1 Å². The van der Waals surface area contributed by atoms with E-state index in [0.717, 1.165) is 12.8 Å². The zero-order chi connectivity index (χ0) is 14.7. The van der Waals surface area contributed by atoms with Crippen molar-refractivity contribution in [1.29, 1.82) is 0 Å². The monoisotopic (exact) mass is 316 g/mol. The van der Waals surface area contributed by atoms with E-state index < -0.39 is 0 Å². The Morgan fingerprint density at radius 2 is 2.20 bits per heavy atom. The molecule has 2 heterocycles. The van der Waals surface area contributed by atoms with E-state index in [1.165, 1.54) is 19.4 Å². The van der Waals surface area contributed by atoms with E-state index in [1.54, 1.807) is 4.90 Å². The molecule has 108 valence electrons. The van der Waals surface area contributed by atoms with Crippen LogP contribution in [0.2, 0.25) is 10.2 Å². The van der Waals surface area contributed by atoms with Crippen LogP contribution in [0.5, 0.6) is 0 Å². The molecule has 0 aromatic carbocycles. The number of halogens is 2.